The molecule has 2 rings (SSSR count). The van der Waals surface area contributed by atoms with Crippen LogP contribution in [-0.4, -0.2) is 10.6 Å². The van der Waals surface area contributed by atoms with E-state index in [1.54, 1.807) is 23.7 Å². The molecule has 20 heavy (non-hydrogen) atoms. The number of nitrogens with one attached hydrogen (secondary N) is 1. The highest BCUT2D eigenvalue weighted by Gasteiger charge is 2.12. The Balaban J connectivity index is 2.23. The Hall–Kier alpha value is -2.74. The van der Waals surface area contributed by atoms with Crippen LogP contribution in [0.4, 0.5) is 0 Å². The molecule has 0 unspecified atom stereocenters. The fourth-order valence-electron chi connectivity index (χ4n) is 1.83. The van der Waals surface area contributed by atoms with Gasteiger partial charge in [0.05, 0.1) is 0 Å². The van der Waals surface area contributed by atoms with Gasteiger partial charge < -0.3 is 4.42 Å². The van der Waals surface area contributed by atoms with Crippen LogP contribution in [0.5, 0.6) is 0 Å². The Morgan fingerprint density at radius 3 is 2.40 bits per heavy atom. The second-order valence-electron chi connectivity index (χ2n) is 4.51. The third kappa shape index (κ3) is 2.81. The third-order valence-corrected chi connectivity index (χ3v) is 2.90. The van der Waals surface area contributed by atoms with Crippen LogP contribution >= 0.6 is 0 Å². The van der Waals surface area contributed by atoms with Gasteiger partial charge >= 0.3 is 0 Å². The molecule has 2 heterocycles. The van der Waals surface area contributed by atoms with E-state index >= 15 is 0 Å². The standard InChI is InChI=1S/C15H15N3O2/c1-10-4-5-11(2)18(10)17-15(19)13(9-16)8-14-7-6-12(3)20-14/h4-8H,1-3H3,(H,17,19)/b13-8-. The van der Waals surface area contributed by atoms with Crippen molar-refractivity contribution in [1.29, 1.82) is 5.26 Å². The molecule has 0 atom stereocenters. The molecule has 0 saturated carbocycles. The Kier molecular flexibility index (Phi) is 3.76. The van der Waals surface area contributed by atoms with Crippen LogP contribution in [-0.2, 0) is 4.79 Å². The first kappa shape index (κ1) is 13.7. The molecule has 0 saturated heterocycles. The van der Waals surface area contributed by atoms with Crippen LogP contribution in [0, 0.1) is 32.1 Å². The number of carbonyl (C=O) groups excluding carboxylic acids is 1. The topological polar surface area (TPSA) is 71.0 Å². The number of nitriles is 1. The van der Waals surface area contributed by atoms with Crippen LogP contribution in [0.25, 0.3) is 6.08 Å². The average Bonchev–Trinajstić information content (AvgIpc) is 2.96. The number of amides is 1. The SMILES string of the molecule is Cc1ccc(/C=C(/C#N)C(=O)Nn2c(C)ccc2C)o1. The van der Waals surface area contributed by atoms with Crippen molar-refractivity contribution in [2.24, 2.45) is 0 Å². The summed E-state index contributed by atoms with van der Waals surface area (Å²) in [4.78, 5) is 12.1. The highest BCUT2D eigenvalue weighted by molar-refractivity contribution is 6.06. The molecule has 0 aliphatic carbocycles. The summed E-state index contributed by atoms with van der Waals surface area (Å²) in [6.45, 7) is 5.55. The number of aromatic nitrogens is 1. The fraction of sp³-hybridized carbons (Fsp3) is 0.200. The molecule has 0 aromatic carbocycles. The van der Waals surface area contributed by atoms with Crippen molar-refractivity contribution in [3.63, 3.8) is 0 Å². The molecule has 5 nitrogen and oxygen atoms in total. The lowest BCUT2D eigenvalue weighted by Crippen LogP contribution is -2.25. The molecule has 102 valence electrons. The Morgan fingerprint density at radius 1 is 1.25 bits per heavy atom. The van der Waals surface area contributed by atoms with Crippen LogP contribution in [0.15, 0.2) is 34.3 Å². The first-order valence-corrected chi connectivity index (χ1v) is 6.16. The van der Waals surface area contributed by atoms with Crippen LogP contribution in [0.3, 0.4) is 0 Å². The number of hydrogen-bond acceptors (Lipinski definition) is 3. The van der Waals surface area contributed by atoms with Crippen molar-refractivity contribution in [1.82, 2.24) is 4.68 Å². The van der Waals surface area contributed by atoms with Crippen molar-refractivity contribution < 1.29 is 9.21 Å². The maximum Gasteiger partial charge on any atom is 0.280 e. The number of rotatable bonds is 3. The van der Waals surface area contributed by atoms with Crippen LogP contribution < -0.4 is 5.43 Å². The zero-order chi connectivity index (χ0) is 14.7. The summed E-state index contributed by atoms with van der Waals surface area (Å²) in [5.41, 5.74) is 4.46. The molecule has 5 heteroatoms. The molecule has 0 aliphatic rings. The largest absolute Gasteiger partial charge is 0.462 e. The number of aryl methyl sites for hydroxylation is 3. The zero-order valence-electron chi connectivity index (χ0n) is 11.6. The molecule has 1 amide bonds. The number of carbonyl (C=O) groups is 1. The summed E-state index contributed by atoms with van der Waals surface area (Å²) in [6.07, 6.45) is 1.43. The monoisotopic (exact) mass is 269 g/mol. The van der Waals surface area contributed by atoms with Gasteiger partial charge in [0.2, 0.25) is 0 Å². The van der Waals surface area contributed by atoms with Gasteiger partial charge in [0.1, 0.15) is 23.2 Å². The van der Waals surface area contributed by atoms with Gasteiger partial charge in [0.25, 0.3) is 5.91 Å². The average molecular weight is 269 g/mol. The van der Waals surface area contributed by atoms with E-state index in [0.29, 0.717) is 5.76 Å². The number of hydrogen-bond donors (Lipinski definition) is 1. The maximum atomic E-state index is 12.1. The molecule has 0 spiro atoms. The molecular weight excluding hydrogens is 254 g/mol. The molecule has 0 bridgehead atoms. The lowest BCUT2D eigenvalue weighted by molar-refractivity contribution is -0.113. The Labute approximate surface area is 117 Å². The summed E-state index contributed by atoms with van der Waals surface area (Å²) in [6, 6.07) is 9.16. The predicted molar refractivity (Wildman–Crippen MR) is 75.3 cm³/mol. The summed E-state index contributed by atoms with van der Waals surface area (Å²) in [5.74, 6) is 0.741. The van der Waals surface area contributed by atoms with E-state index in [-0.39, 0.29) is 5.57 Å². The fourth-order valence-corrected chi connectivity index (χ4v) is 1.83. The van der Waals surface area contributed by atoms with Crippen molar-refractivity contribution in [2.75, 3.05) is 5.43 Å². The molecule has 0 aliphatic heterocycles. The minimum Gasteiger partial charge on any atom is -0.462 e. The molecule has 0 fully saturated rings. The Bertz CT molecular complexity index is 694. The van der Waals surface area contributed by atoms with Crippen LogP contribution in [0.1, 0.15) is 22.9 Å². The molecule has 2 aromatic heterocycles. The number of furan rings is 1. The van der Waals surface area contributed by atoms with Crippen molar-refractivity contribution in [2.45, 2.75) is 20.8 Å². The van der Waals surface area contributed by atoms with Gasteiger partial charge in [-0.05, 0) is 45.0 Å². The number of nitrogens with zero attached hydrogens (tertiary/aromatic N) is 2. The van der Waals surface area contributed by atoms with E-state index in [9.17, 15) is 4.79 Å². The second-order valence-corrected chi connectivity index (χ2v) is 4.51. The minimum atomic E-state index is -0.469. The summed E-state index contributed by atoms with van der Waals surface area (Å²) >= 11 is 0. The van der Waals surface area contributed by atoms with Gasteiger partial charge in [-0.25, -0.2) is 0 Å². The lowest BCUT2D eigenvalue weighted by Gasteiger charge is -2.10. The highest BCUT2D eigenvalue weighted by atomic mass is 16.3. The van der Waals surface area contributed by atoms with E-state index in [0.717, 1.165) is 17.1 Å². The quantitative estimate of drug-likeness (QED) is 0.688. The highest BCUT2D eigenvalue weighted by Crippen LogP contribution is 2.12. The summed E-state index contributed by atoms with van der Waals surface area (Å²) in [5, 5.41) is 9.10. The normalized spacial score (nSPS) is 11.2. The van der Waals surface area contributed by atoms with E-state index in [1.807, 2.05) is 32.0 Å². The van der Waals surface area contributed by atoms with E-state index < -0.39 is 5.91 Å². The maximum absolute atomic E-state index is 12.1. The molecule has 0 radical (unpaired) electrons. The smallest absolute Gasteiger partial charge is 0.280 e. The Morgan fingerprint density at radius 2 is 1.90 bits per heavy atom. The second kappa shape index (κ2) is 5.49. The van der Waals surface area contributed by atoms with E-state index in [2.05, 4.69) is 5.43 Å². The van der Waals surface area contributed by atoms with Crippen molar-refractivity contribution >= 4 is 12.0 Å². The molecule has 1 N–H and O–H groups in total. The predicted octanol–water partition coefficient (Wildman–Crippen LogP) is 2.68. The van der Waals surface area contributed by atoms with E-state index in [1.165, 1.54) is 6.08 Å². The van der Waals surface area contributed by atoms with Crippen molar-refractivity contribution in [3.05, 3.63) is 52.7 Å². The van der Waals surface area contributed by atoms with Gasteiger partial charge in [0.15, 0.2) is 0 Å². The van der Waals surface area contributed by atoms with Crippen molar-refractivity contribution in [3.8, 4) is 6.07 Å². The minimum absolute atomic E-state index is 0.00755. The first-order chi connectivity index (χ1) is 9.51. The zero-order valence-corrected chi connectivity index (χ0v) is 11.6. The third-order valence-electron chi connectivity index (χ3n) is 2.90. The van der Waals surface area contributed by atoms with Gasteiger partial charge in [-0.3, -0.25) is 14.9 Å². The van der Waals surface area contributed by atoms with Crippen LogP contribution in [0.2, 0.25) is 0 Å². The van der Waals surface area contributed by atoms with Gasteiger partial charge in [-0.15, -0.1) is 0 Å². The summed E-state index contributed by atoms with van der Waals surface area (Å²) < 4.78 is 6.97. The van der Waals surface area contributed by atoms with Gasteiger partial charge in [-0.1, -0.05) is 0 Å². The lowest BCUT2D eigenvalue weighted by atomic mass is 10.2. The van der Waals surface area contributed by atoms with E-state index in [4.69, 9.17) is 9.68 Å². The summed E-state index contributed by atoms with van der Waals surface area (Å²) in [7, 11) is 0. The molecule has 2 aromatic rings. The first-order valence-electron chi connectivity index (χ1n) is 6.16. The van der Waals surface area contributed by atoms with Gasteiger partial charge in [-0.2, -0.15) is 5.26 Å². The van der Waals surface area contributed by atoms with Gasteiger partial charge in [0, 0.05) is 17.5 Å². The molecular formula is C15H15N3O2.